The van der Waals surface area contributed by atoms with Crippen LogP contribution in [0.3, 0.4) is 0 Å². The third-order valence-corrected chi connectivity index (χ3v) is 5.28. The molecule has 5 rings (SSSR count). The summed E-state index contributed by atoms with van der Waals surface area (Å²) in [6, 6.07) is 24.9. The van der Waals surface area contributed by atoms with Crippen LogP contribution < -0.4 is 0 Å². The summed E-state index contributed by atoms with van der Waals surface area (Å²) in [5, 5.41) is 23.2. The molecule has 0 aliphatic heterocycles. The molecule has 0 bridgehead atoms. The van der Waals surface area contributed by atoms with Crippen molar-refractivity contribution in [2.24, 2.45) is 10.2 Å². The first-order valence-electron chi connectivity index (χ1n) is 10.2. The fourth-order valence-corrected chi connectivity index (χ4v) is 3.50. The lowest BCUT2D eigenvalue weighted by molar-refractivity contribution is 0.860. The molecular formula is C23H17N9S2. The van der Waals surface area contributed by atoms with Gasteiger partial charge in [0.05, 0.1) is 12.4 Å². The van der Waals surface area contributed by atoms with Crippen molar-refractivity contribution in [1.29, 1.82) is 0 Å². The molecule has 2 N–H and O–H groups in total. The quantitative estimate of drug-likeness (QED) is 0.269. The van der Waals surface area contributed by atoms with Crippen molar-refractivity contribution in [3.8, 4) is 23.0 Å². The van der Waals surface area contributed by atoms with Crippen molar-refractivity contribution in [2.45, 2.75) is 0 Å². The number of aromatic nitrogens is 7. The van der Waals surface area contributed by atoms with Gasteiger partial charge in [0, 0.05) is 0 Å². The summed E-state index contributed by atoms with van der Waals surface area (Å²) in [6.07, 6.45) is 3.42. The van der Waals surface area contributed by atoms with Gasteiger partial charge in [0.2, 0.25) is 21.2 Å². The number of benzene rings is 2. The maximum atomic E-state index is 5.37. The van der Waals surface area contributed by atoms with E-state index in [-0.39, 0.29) is 0 Å². The zero-order chi connectivity index (χ0) is 23.3. The number of H-pyrrole nitrogens is 2. The third kappa shape index (κ3) is 4.56. The summed E-state index contributed by atoms with van der Waals surface area (Å²) in [6.45, 7) is 0. The smallest absolute Gasteiger partial charge is 0.216 e. The Morgan fingerprint density at radius 2 is 1.06 bits per heavy atom. The van der Waals surface area contributed by atoms with Gasteiger partial charge >= 0.3 is 0 Å². The Hall–Kier alpha value is -4.35. The maximum absolute atomic E-state index is 5.37. The lowest BCUT2D eigenvalue weighted by atomic mass is 10.2. The van der Waals surface area contributed by atoms with Crippen molar-refractivity contribution < 1.29 is 0 Å². The second kappa shape index (κ2) is 9.65. The molecule has 34 heavy (non-hydrogen) atoms. The van der Waals surface area contributed by atoms with Gasteiger partial charge in [0.15, 0.2) is 0 Å². The van der Waals surface area contributed by atoms with Gasteiger partial charge in [0.1, 0.15) is 11.4 Å². The second-order valence-electron chi connectivity index (χ2n) is 7.05. The largest absolute Gasteiger partial charge is 0.250 e. The molecule has 9 nitrogen and oxygen atoms in total. The van der Waals surface area contributed by atoms with E-state index in [1.165, 1.54) is 9.35 Å². The van der Waals surface area contributed by atoms with E-state index >= 15 is 0 Å². The molecule has 0 fully saturated rings. The van der Waals surface area contributed by atoms with Crippen LogP contribution in [0.1, 0.15) is 11.1 Å². The Labute approximate surface area is 204 Å². The van der Waals surface area contributed by atoms with E-state index in [2.05, 4.69) is 30.6 Å². The first-order chi connectivity index (χ1) is 16.7. The Balaban J connectivity index is 1.51. The molecule has 0 saturated heterocycles. The fraction of sp³-hybridized carbons (Fsp3) is 0. The van der Waals surface area contributed by atoms with E-state index in [0.29, 0.717) is 32.6 Å². The van der Waals surface area contributed by atoms with Crippen LogP contribution in [0.5, 0.6) is 0 Å². The molecular weight excluding hydrogens is 466 g/mol. The van der Waals surface area contributed by atoms with Crippen LogP contribution in [0.25, 0.3) is 23.0 Å². The zero-order valence-electron chi connectivity index (χ0n) is 17.6. The number of nitrogens with zero attached hydrogens (tertiary/aromatic N) is 7. The summed E-state index contributed by atoms with van der Waals surface area (Å²) in [7, 11) is 0. The monoisotopic (exact) mass is 483 g/mol. The summed E-state index contributed by atoms with van der Waals surface area (Å²) in [4.78, 5) is 4.72. The second-order valence-corrected chi connectivity index (χ2v) is 7.82. The van der Waals surface area contributed by atoms with Gasteiger partial charge in [0.25, 0.3) is 0 Å². The van der Waals surface area contributed by atoms with Crippen molar-refractivity contribution in [3.05, 3.63) is 99.5 Å². The number of hydrogen-bond donors (Lipinski definition) is 2. The van der Waals surface area contributed by atoms with Gasteiger partial charge in [-0.25, -0.2) is 15.2 Å². The molecule has 0 aliphatic carbocycles. The van der Waals surface area contributed by atoms with Gasteiger partial charge in [-0.3, -0.25) is 0 Å². The van der Waals surface area contributed by atoms with Gasteiger partial charge in [-0.2, -0.15) is 29.8 Å². The predicted octanol–water partition coefficient (Wildman–Crippen LogP) is 4.69. The minimum Gasteiger partial charge on any atom is -0.250 e. The van der Waals surface area contributed by atoms with Gasteiger partial charge in [-0.1, -0.05) is 66.7 Å². The molecule has 0 radical (unpaired) electrons. The summed E-state index contributed by atoms with van der Waals surface area (Å²) >= 11 is 10.7. The fourth-order valence-electron chi connectivity index (χ4n) is 3.14. The van der Waals surface area contributed by atoms with Crippen LogP contribution in [0.15, 0.2) is 89.1 Å². The average Bonchev–Trinajstić information content (AvgIpc) is 3.44. The molecule has 0 spiro atoms. The number of nitrogens with one attached hydrogen (secondary N) is 2. The topological polar surface area (TPSA) is 105 Å². The molecule has 3 aromatic heterocycles. The number of rotatable bonds is 6. The highest BCUT2D eigenvalue weighted by molar-refractivity contribution is 7.71. The molecule has 11 heteroatoms. The van der Waals surface area contributed by atoms with Crippen LogP contribution in [0.2, 0.25) is 0 Å². The Kier molecular flexibility index (Phi) is 6.10. The van der Waals surface area contributed by atoms with Crippen molar-refractivity contribution in [2.75, 3.05) is 0 Å². The molecule has 0 amide bonds. The highest BCUT2D eigenvalue weighted by Crippen LogP contribution is 2.21. The third-order valence-electron chi connectivity index (χ3n) is 4.75. The molecule has 0 atom stereocenters. The minimum atomic E-state index is 0.351. The average molecular weight is 484 g/mol. The van der Waals surface area contributed by atoms with Gasteiger partial charge in [-0.15, -0.1) is 0 Å². The van der Waals surface area contributed by atoms with E-state index < -0.39 is 0 Å². The molecule has 0 saturated carbocycles. The van der Waals surface area contributed by atoms with Crippen LogP contribution in [0, 0.1) is 9.54 Å². The molecule has 0 aliphatic rings. The lowest BCUT2D eigenvalue weighted by Crippen LogP contribution is -2.00. The van der Waals surface area contributed by atoms with E-state index in [1.807, 2.05) is 78.9 Å². The van der Waals surface area contributed by atoms with Crippen LogP contribution in [-0.4, -0.2) is 47.2 Å². The number of aromatic amines is 2. The molecule has 0 unspecified atom stereocenters. The molecule has 2 aromatic carbocycles. The van der Waals surface area contributed by atoms with Crippen molar-refractivity contribution in [1.82, 2.24) is 34.7 Å². The number of pyridine rings is 1. The minimum absolute atomic E-state index is 0.351. The highest BCUT2D eigenvalue weighted by Gasteiger charge is 2.14. The maximum Gasteiger partial charge on any atom is 0.216 e. The van der Waals surface area contributed by atoms with Gasteiger partial charge < -0.3 is 0 Å². The predicted molar refractivity (Wildman–Crippen MR) is 136 cm³/mol. The zero-order valence-corrected chi connectivity index (χ0v) is 19.2. The van der Waals surface area contributed by atoms with E-state index in [1.54, 1.807) is 12.4 Å². The summed E-state index contributed by atoms with van der Waals surface area (Å²) < 4.78 is 3.76. The van der Waals surface area contributed by atoms with Crippen LogP contribution >= 0.6 is 24.4 Å². The normalized spacial score (nSPS) is 11.5. The molecule has 5 aromatic rings. The SMILES string of the molecule is S=c1[nH]nc(-c2cccc(-c3n[nH]c(=S)n3/N=C/c3ccccc3)n2)n1/N=C/c1ccccc1. The van der Waals surface area contributed by atoms with Crippen molar-refractivity contribution in [3.63, 3.8) is 0 Å². The lowest BCUT2D eigenvalue weighted by Gasteiger charge is -2.04. The summed E-state index contributed by atoms with van der Waals surface area (Å²) in [5.74, 6) is 0.931. The Morgan fingerprint density at radius 3 is 1.50 bits per heavy atom. The summed E-state index contributed by atoms with van der Waals surface area (Å²) in [5.41, 5.74) is 2.99. The van der Waals surface area contributed by atoms with E-state index in [4.69, 9.17) is 29.4 Å². The molecule has 3 heterocycles. The van der Waals surface area contributed by atoms with E-state index in [9.17, 15) is 0 Å². The van der Waals surface area contributed by atoms with Crippen LogP contribution in [0.4, 0.5) is 0 Å². The van der Waals surface area contributed by atoms with E-state index in [0.717, 1.165) is 11.1 Å². The van der Waals surface area contributed by atoms with Crippen molar-refractivity contribution >= 4 is 36.9 Å². The Morgan fingerprint density at radius 1 is 0.618 bits per heavy atom. The Bertz CT molecular complexity index is 1480. The number of hydrogen-bond acceptors (Lipinski definition) is 7. The standard InChI is InChI=1S/C23H17N9S2/c33-22-29-27-20(31(22)24-14-16-8-3-1-4-9-16)18-12-7-13-19(26-18)21-28-30-23(34)32(21)25-15-17-10-5-2-6-11-17/h1-15H,(H,29,33)(H,30,34)/b24-14+,25-15+. The highest BCUT2D eigenvalue weighted by atomic mass is 32.1. The van der Waals surface area contributed by atoms with Crippen LogP contribution in [-0.2, 0) is 0 Å². The van der Waals surface area contributed by atoms with Gasteiger partial charge in [-0.05, 0) is 47.7 Å². The first-order valence-corrected chi connectivity index (χ1v) is 11.0. The first kappa shape index (κ1) is 21.5. The molecule has 166 valence electrons.